The molecule has 0 radical (unpaired) electrons. The molecule has 2 aromatic carbocycles. The van der Waals surface area contributed by atoms with Gasteiger partial charge in [0.25, 0.3) is 11.7 Å². The number of hydrogen-bond donors (Lipinski definition) is 1. The number of rotatable bonds is 18. The Bertz CT molecular complexity index is 1090. The minimum absolute atomic E-state index is 0.0344. The number of nitrogens with zero attached hydrogens (tertiary/aromatic N) is 1. The third-order valence-electron chi connectivity index (χ3n) is 7.84. The summed E-state index contributed by atoms with van der Waals surface area (Å²) in [5.41, 5.74) is 1.05. The lowest BCUT2D eigenvalue weighted by Gasteiger charge is -2.25. The van der Waals surface area contributed by atoms with Crippen LogP contribution in [0, 0.1) is 5.82 Å². The Balaban J connectivity index is 1.54. The van der Waals surface area contributed by atoms with Crippen LogP contribution in [-0.2, 0) is 9.59 Å². The van der Waals surface area contributed by atoms with Gasteiger partial charge in [-0.15, -0.1) is 0 Å². The lowest BCUT2D eigenvalue weighted by molar-refractivity contribution is -0.139. The molecule has 1 atom stereocenters. The first-order chi connectivity index (χ1) is 19.5. The highest BCUT2D eigenvalue weighted by molar-refractivity contribution is 6.46. The van der Waals surface area contributed by atoms with Gasteiger partial charge in [-0.25, -0.2) is 4.39 Å². The normalized spacial score (nSPS) is 16.6. The van der Waals surface area contributed by atoms with Crippen LogP contribution < -0.4 is 4.74 Å². The second-order valence-corrected chi connectivity index (χ2v) is 10.9. The highest BCUT2D eigenvalue weighted by atomic mass is 19.1. The van der Waals surface area contributed by atoms with Crippen molar-refractivity contribution >= 4 is 17.4 Å². The average molecular weight is 552 g/mol. The van der Waals surface area contributed by atoms with Crippen LogP contribution in [-0.4, -0.2) is 35.4 Å². The minimum Gasteiger partial charge on any atom is -0.507 e. The quantitative estimate of drug-likeness (QED) is 0.0870. The van der Waals surface area contributed by atoms with Gasteiger partial charge in [0.2, 0.25) is 0 Å². The molecule has 1 fully saturated rings. The second-order valence-electron chi connectivity index (χ2n) is 10.9. The highest BCUT2D eigenvalue weighted by Gasteiger charge is 2.45. The van der Waals surface area contributed by atoms with Crippen molar-refractivity contribution in [3.8, 4) is 5.75 Å². The summed E-state index contributed by atoms with van der Waals surface area (Å²) >= 11 is 0. The predicted molar refractivity (Wildman–Crippen MR) is 159 cm³/mol. The van der Waals surface area contributed by atoms with Crippen molar-refractivity contribution in [3.05, 3.63) is 71.0 Å². The first-order valence-corrected chi connectivity index (χ1v) is 15.2. The number of hydrogen-bond acceptors (Lipinski definition) is 4. The maximum absolute atomic E-state index is 13.7. The van der Waals surface area contributed by atoms with Crippen LogP contribution in [0.15, 0.2) is 54.1 Å². The SMILES string of the molecule is CCCCCCCCCCCCCCCCN1C(=O)C(=O)C(=C(O)c2ccc(OC)cc2)C1c1ccc(F)cc1. The monoisotopic (exact) mass is 551 g/mol. The van der Waals surface area contributed by atoms with Crippen molar-refractivity contribution in [1.82, 2.24) is 4.90 Å². The van der Waals surface area contributed by atoms with Crippen molar-refractivity contribution < 1.29 is 23.8 Å². The van der Waals surface area contributed by atoms with Gasteiger partial charge in [-0.2, -0.15) is 0 Å². The molecule has 1 aliphatic heterocycles. The fourth-order valence-electron chi connectivity index (χ4n) is 5.48. The molecule has 5 nitrogen and oxygen atoms in total. The number of amides is 1. The summed E-state index contributed by atoms with van der Waals surface area (Å²) < 4.78 is 18.9. The molecule has 0 bridgehead atoms. The molecule has 40 heavy (non-hydrogen) atoms. The van der Waals surface area contributed by atoms with E-state index in [1.807, 2.05) is 0 Å². The number of benzene rings is 2. The first-order valence-electron chi connectivity index (χ1n) is 15.2. The van der Waals surface area contributed by atoms with Gasteiger partial charge in [0.05, 0.1) is 18.7 Å². The average Bonchev–Trinajstić information content (AvgIpc) is 3.22. The Labute approximate surface area is 239 Å². The number of carbonyl (C=O) groups is 2. The van der Waals surface area contributed by atoms with E-state index in [0.717, 1.165) is 19.3 Å². The van der Waals surface area contributed by atoms with E-state index in [0.29, 0.717) is 23.4 Å². The summed E-state index contributed by atoms with van der Waals surface area (Å²) in [7, 11) is 1.55. The predicted octanol–water partition coefficient (Wildman–Crippen LogP) is 8.74. The Hall–Kier alpha value is -3.15. The summed E-state index contributed by atoms with van der Waals surface area (Å²) in [6.07, 6.45) is 17.3. The van der Waals surface area contributed by atoms with Crippen molar-refractivity contribution in [3.63, 3.8) is 0 Å². The number of likely N-dealkylation sites (tertiary alicyclic amines) is 1. The third kappa shape index (κ3) is 8.94. The standard InChI is InChI=1S/C34H46FNO4/c1-3-4-5-6-7-8-9-10-11-12-13-14-15-16-25-36-31(26-17-21-28(35)22-18-26)30(33(38)34(36)39)32(37)27-19-23-29(40-2)24-20-27/h17-24,31,37H,3-16,25H2,1-2H3. The first kappa shape index (κ1) is 31.4. The van der Waals surface area contributed by atoms with E-state index in [4.69, 9.17) is 4.74 Å². The number of ether oxygens (including phenoxy) is 1. The molecule has 1 amide bonds. The van der Waals surface area contributed by atoms with Gasteiger partial charge in [-0.05, 0) is 48.4 Å². The number of unbranched alkanes of at least 4 members (excludes halogenated alkanes) is 13. The molecule has 2 aromatic rings. The summed E-state index contributed by atoms with van der Waals surface area (Å²) in [5, 5.41) is 11.1. The Kier molecular flexibility index (Phi) is 13.2. The van der Waals surface area contributed by atoms with Crippen molar-refractivity contribution in [2.75, 3.05) is 13.7 Å². The number of aliphatic hydroxyl groups excluding tert-OH is 1. The number of aliphatic hydroxyl groups is 1. The van der Waals surface area contributed by atoms with Gasteiger partial charge < -0.3 is 14.7 Å². The summed E-state index contributed by atoms with van der Waals surface area (Å²) in [6.45, 7) is 2.66. The zero-order valence-electron chi connectivity index (χ0n) is 24.3. The largest absolute Gasteiger partial charge is 0.507 e. The van der Waals surface area contributed by atoms with E-state index in [2.05, 4.69) is 6.92 Å². The molecule has 1 saturated heterocycles. The molecule has 1 unspecified atom stereocenters. The summed E-state index contributed by atoms with van der Waals surface area (Å²) in [4.78, 5) is 27.8. The van der Waals surface area contributed by atoms with E-state index < -0.39 is 23.5 Å². The smallest absolute Gasteiger partial charge is 0.295 e. The zero-order chi connectivity index (χ0) is 28.7. The molecule has 0 saturated carbocycles. The topological polar surface area (TPSA) is 66.8 Å². The summed E-state index contributed by atoms with van der Waals surface area (Å²) in [6, 6.07) is 11.7. The molecular formula is C34H46FNO4. The maximum Gasteiger partial charge on any atom is 0.295 e. The van der Waals surface area contributed by atoms with Gasteiger partial charge in [-0.3, -0.25) is 9.59 Å². The van der Waals surface area contributed by atoms with Crippen molar-refractivity contribution in [2.45, 2.75) is 103 Å². The Morgan fingerprint density at radius 2 is 1.27 bits per heavy atom. The molecule has 3 rings (SSSR count). The molecule has 1 heterocycles. The number of carbonyl (C=O) groups excluding carboxylic acids is 2. The fraction of sp³-hybridized carbons (Fsp3) is 0.529. The van der Waals surface area contributed by atoms with Crippen LogP contribution in [0.2, 0.25) is 0 Å². The molecule has 218 valence electrons. The Morgan fingerprint density at radius 3 is 1.77 bits per heavy atom. The molecular weight excluding hydrogens is 505 g/mol. The van der Waals surface area contributed by atoms with E-state index in [1.54, 1.807) is 43.5 Å². The number of halogens is 1. The second kappa shape index (κ2) is 16.8. The lowest BCUT2D eigenvalue weighted by Crippen LogP contribution is -2.30. The Morgan fingerprint density at radius 1 is 0.775 bits per heavy atom. The molecule has 0 aliphatic carbocycles. The van der Waals surface area contributed by atoms with Gasteiger partial charge in [-0.1, -0.05) is 103 Å². The zero-order valence-corrected chi connectivity index (χ0v) is 24.3. The van der Waals surface area contributed by atoms with Gasteiger partial charge >= 0.3 is 0 Å². The van der Waals surface area contributed by atoms with Gasteiger partial charge in [0.1, 0.15) is 17.3 Å². The van der Waals surface area contributed by atoms with E-state index in [1.165, 1.54) is 87.7 Å². The van der Waals surface area contributed by atoms with Crippen LogP contribution in [0.3, 0.4) is 0 Å². The number of Topliss-reactive ketones (excluding diaryl/α,β-unsaturated/α-hetero) is 1. The minimum atomic E-state index is -0.760. The van der Waals surface area contributed by atoms with Crippen LogP contribution in [0.25, 0.3) is 5.76 Å². The number of ketones is 1. The maximum atomic E-state index is 13.7. The van der Waals surface area contributed by atoms with Crippen LogP contribution in [0.4, 0.5) is 4.39 Å². The van der Waals surface area contributed by atoms with Gasteiger partial charge in [0, 0.05) is 12.1 Å². The third-order valence-corrected chi connectivity index (χ3v) is 7.84. The molecule has 1 N–H and O–H groups in total. The van der Waals surface area contributed by atoms with Crippen LogP contribution in [0.1, 0.15) is 114 Å². The fourth-order valence-corrected chi connectivity index (χ4v) is 5.48. The number of methoxy groups -OCH3 is 1. The molecule has 6 heteroatoms. The summed E-state index contributed by atoms with van der Waals surface area (Å²) in [5.74, 6) is -1.36. The lowest BCUT2D eigenvalue weighted by atomic mass is 9.95. The van der Waals surface area contributed by atoms with Crippen molar-refractivity contribution in [2.24, 2.45) is 0 Å². The van der Waals surface area contributed by atoms with Crippen LogP contribution in [0.5, 0.6) is 5.75 Å². The van der Waals surface area contributed by atoms with Gasteiger partial charge in [0.15, 0.2) is 0 Å². The molecule has 1 aliphatic rings. The van der Waals surface area contributed by atoms with E-state index in [9.17, 15) is 19.1 Å². The highest BCUT2D eigenvalue weighted by Crippen LogP contribution is 2.39. The van der Waals surface area contributed by atoms with Crippen molar-refractivity contribution in [1.29, 1.82) is 0 Å². The van der Waals surface area contributed by atoms with Crippen LogP contribution >= 0.6 is 0 Å². The van der Waals surface area contributed by atoms with E-state index in [-0.39, 0.29) is 11.3 Å². The molecule has 0 spiro atoms. The van der Waals surface area contributed by atoms with E-state index >= 15 is 0 Å². The molecule has 0 aromatic heterocycles.